The first-order valence-corrected chi connectivity index (χ1v) is 20.8. The number of halogens is 2. The van der Waals surface area contributed by atoms with Crippen LogP contribution in [0.1, 0.15) is 64.0 Å². The fraction of sp³-hybridized carbons (Fsp3) is 0.444. The van der Waals surface area contributed by atoms with E-state index in [4.69, 9.17) is 47.1 Å². The summed E-state index contributed by atoms with van der Waals surface area (Å²) in [5.74, 6) is 3.81. The Morgan fingerprint density at radius 1 is 0.673 bits per heavy atom. The van der Waals surface area contributed by atoms with Crippen LogP contribution in [0, 0.1) is 0 Å². The lowest BCUT2D eigenvalue weighted by Crippen LogP contribution is -2.25. The van der Waals surface area contributed by atoms with Gasteiger partial charge < -0.3 is 28.4 Å². The molecule has 0 unspecified atom stereocenters. The predicted octanol–water partition coefficient (Wildman–Crippen LogP) is 10.6. The fourth-order valence-corrected chi connectivity index (χ4v) is 7.25. The van der Waals surface area contributed by atoms with Crippen LogP contribution in [0.15, 0.2) is 78.9 Å². The highest BCUT2D eigenvalue weighted by Gasteiger charge is 2.22. The number of benzene rings is 4. The summed E-state index contributed by atoms with van der Waals surface area (Å²) in [6, 6.07) is 25.9. The van der Waals surface area contributed by atoms with Gasteiger partial charge in [0.05, 0.1) is 24.3 Å². The van der Waals surface area contributed by atoms with Crippen molar-refractivity contribution in [1.29, 1.82) is 0 Å². The number of hydrogen-bond acceptors (Lipinski definition) is 7. The zero-order valence-electron chi connectivity index (χ0n) is 32.7. The number of rotatable bonds is 22. The van der Waals surface area contributed by atoms with E-state index in [0.717, 1.165) is 122 Å². The van der Waals surface area contributed by atoms with Gasteiger partial charge in [0.15, 0.2) is 5.75 Å². The second-order valence-electron chi connectivity index (χ2n) is 14.2. The Morgan fingerprint density at radius 3 is 2.07 bits per heavy atom. The van der Waals surface area contributed by atoms with Gasteiger partial charge in [-0.2, -0.15) is 0 Å². The van der Waals surface area contributed by atoms with Crippen molar-refractivity contribution in [2.45, 2.75) is 72.4 Å². The van der Waals surface area contributed by atoms with Crippen LogP contribution in [0.4, 0.5) is 0 Å². The summed E-state index contributed by atoms with van der Waals surface area (Å²) < 4.78 is 28.2. The first-order valence-electron chi connectivity index (χ1n) is 20.1. The molecule has 0 bridgehead atoms. The second kappa shape index (κ2) is 20.8. The number of nitrogens with zero attached hydrogens (tertiary/aromatic N) is 4. The van der Waals surface area contributed by atoms with Crippen molar-refractivity contribution < 1.29 is 18.9 Å². The molecule has 0 N–H and O–H groups in total. The first-order chi connectivity index (χ1) is 26.9. The van der Waals surface area contributed by atoms with Gasteiger partial charge in [0.2, 0.25) is 0 Å². The van der Waals surface area contributed by atoms with E-state index < -0.39 is 0 Å². The molecular weight excluding hydrogens is 731 g/mol. The minimum atomic E-state index is 0.379. The monoisotopic (exact) mass is 786 g/mol. The average molecular weight is 788 g/mol. The molecule has 1 saturated heterocycles. The van der Waals surface area contributed by atoms with Gasteiger partial charge in [0, 0.05) is 54.3 Å². The van der Waals surface area contributed by atoms with Crippen molar-refractivity contribution in [3.63, 3.8) is 0 Å². The van der Waals surface area contributed by atoms with Crippen LogP contribution in [-0.4, -0.2) is 78.4 Å². The molecule has 0 amide bonds. The zero-order chi connectivity index (χ0) is 38.4. The quantitative estimate of drug-likeness (QED) is 0.0648. The molecule has 55 heavy (non-hydrogen) atoms. The minimum Gasteiger partial charge on any atom is -0.493 e. The molecule has 0 atom stereocenters. The molecule has 1 aliphatic heterocycles. The van der Waals surface area contributed by atoms with Crippen LogP contribution in [0.25, 0.3) is 22.4 Å². The molecule has 6 rings (SSSR count). The second-order valence-corrected chi connectivity index (χ2v) is 15.0. The highest BCUT2D eigenvalue weighted by molar-refractivity contribution is 6.30. The molecule has 8 nitrogen and oxygen atoms in total. The Bertz CT molecular complexity index is 1920. The minimum absolute atomic E-state index is 0.379. The third-order valence-electron chi connectivity index (χ3n) is 10.2. The summed E-state index contributed by atoms with van der Waals surface area (Å²) in [6.45, 7) is 15.7. The summed E-state index contributed by atoms with van der Waals surface area (Å²) in [5.41, 5.74) is 4.88. The van der Waals surface area contributed by atoms with E-state index >= 15 is 0 Å². The number of fused-ring (bicyclic) bond motifs is 1. The van der Waals surface area contributed by atoms with Crippen LogP contribution in [0.2, 0.25) is 10.0 Å². The number of ether oxygens (including phenoxy) is 4. The third kappa shape index (κ3) is 11.5. The van der Waals surface area contributed by atoms with Crippen LogP contribution in [-0.2, 0) is 19.6 Å². The smallest absolute Gasteiger partial charge is 0.151 e. The van der Waals surface area contributed by atoms with Crippen molar-refractivity contribution in [1.82, 2.24) is 19.4 Å². The number of aryl methyl sites for hydroxylation is 1. The Kier molecular flexibility index (Phi) is 15.4. The van der Waals surface area contributed by atoms with E-state index in [2.05, 4.69) is 47.3 Å². The topological polar surface area (TPSA) is 61.2 Å². The molecule has 0 aliphatic carbocycles. The highest BCUT2D eigenvalue weighted by Crippen LogP contribution is 2.39. The van der Waals surface area contributed by atoms with Gasteiger partial charge >= 0.3 is 0 Å². The molecular formula is C45H56Cl2N4O4. The maximum Gasteiger partial charge on any atom is 0.151 e. The number of aromatic nitrogens is 2. The van der Waals surface area contributed by atoms with Crippen LogP contribution in [0.3, 0.4) is 0 Å². The number of unbranched alkanes of at least 4 members (excludes halogenated alkanes) is 1. The maximum absolute atomic E-state index is 6.63. The number of imidazole rings is 1. The van der Waals surface area contributed by atoms with Crippen LogP contribution >= 0.6 is 23.2 Å². The fourth-order valence-electron chi connectivity index (χ4n) is 6.99. The maximum atomic E-state index is 6.63. The Morgan fingerprint density at radius 2 is 1.36 bits per heavy atom. The predicted molar refractivity (Wildman–Crippen MR) is 226 cm³/mol. The molecule has 0 spiro atoms. The molecule has 4 aromatic carbocycles. The average Bonchev–Trinajstić information content (AvgIpc) is 3.86. The molecule has 0 radical (unpaired) electrons. The normalized spacial score (nSPS) is 13.2. The van der Waals surface area contributed by atoms with Crippen molar-refractivity contribution in [2.75, 3.05) is 59.1 Å². The Hall–Kier alpha value is -3.95. The van der Waals surface area contributed by atoms with E-state index in [1.54, 1.807) is 0 Å². The standard InChI is InChI=1S/C45H56Cl2N4O4/c1-4-7-25-51-41-30-39(53-29-26-50-22-8-9-23-50)32-43(55-33-35-13-17-37(47)18-14-35)44(41)48-45(51)40-20-19-38(52-28-21-34-11-15-36(46)16-12-34)31-42(40)54-27-10-24-49(5-2)6-3/h11-20,30-32H,4-10,21-29,33H2,1-3H3. The highest BCUT2D eigenvalue weighted by atomic mass is 35.5. The lowest BCUT2D eigenvalue weighted by molar-refractivity contribution is 0.236. The van der Waals surface area contributed by atoms with Gasteiger partial charge in [0.1, 0.15) is 41.8 Å². The Balaban J connectivity index is 1.34. The first kappa shape index (κ1) is 40.7. The summed E-state index contributed by atoms with van der Waals surface area (Å²) >= 11 is 12.3. The third-order valence-corrected chi connectivity index (χ3v) is 10.8. The van der Waals surface area contributed by atoms with Gasteiger partial charge in [0.25, 0.3) is 0 Å². The molecule has 1 fully saturated rings. The van der Waals surface area contributed by atoms with E-state index in [-0.39, 0.29) is 0 Å². The van der Waals surface area contributed by atoms with E-state index in [0.29, 0.717) is 37.2 Å². The van der Waals surface area contributed by atoms with Gasteiger partial charge in [-0.25, -0.2) is 4.98 Å². The van der Waals surface area contributed by atoms with Crippen LogP contribution < -0.4 is 18.9 Å². The van der Waals surface area contributed by atoms with Gasteiger partial charge in [-0.15, -0.1) is 0 Å². The van der Waals surface area contributed by atoms with Crippen molar-refractivity contribution >= 4 is 34.2 Å². The van der Waals surface area contributed by atoms with Gasteiger partial charge in [-0.3, -0.25) is 4.90 Å². The van der Waals surface area contributed by atoms with Crippen molar-refractivity contribution in [2.24, 2.45) is 0 Å². The molecule has 294 valence electrons. The number of hydrogen-bond donors (Lipinski definition) is 0. The van der Waals surface area contributed by atoms with Gasteiger partial charge in [-0.1, -0.05) is 74.7 Å². The lowest BCUT2D eigenvalue weighted by atomic mass is 10.1. The summed E-state index contributed by atoms with van der Waals surface area (Å²) in [7, 11) is 0. The molecule has 0 saturated carbocycles. The molecule has 2 heterocycles. The molecule has 1 aromatic heterocycles. The van der Waals surface area contributed by atoms with Gasteiger partial charge in [-0.05, 0) is 99.4 Å². The summed E-state index contributed by atoms with van der Waals surface area (Å²) in [5, 5.41) is 1.43. The van der Waals surface area contributed by atoms with Crippen LogP contribution in [0.5, 0.6) is 23.0 Å². The largest absolute Gasteiger partial charge is 0.493 e. The van der Waals surface area contributed by atoms with E-state index in [9.17, 15) is 0 Å². The van der Waals surface area contributed by atoms with E-state index in [1.807, 2.05) is 66.7 Å². The number of likely N-dealkylation sites (tertiary alicyclic amines) is 1. The van der Waals surface area contributed by atoms with Crippen molar-refractivity contribution in [3.8, 4) is 34.4 Å². The van der Waals surface area contributed by atoms with Crippen molar-refractivity contribution in [3.05, 3.63) is 100 Å². The summed E-state index contributed by atoms with van der Waals surface area (Å²) in [6.07, 6.45) is 6.23. The van der Waals surface area contributed by atoms with E-state index in [1.165, 1.54) is 18.4 Å². The molecule has 10 heteroatoms. The SMILES string of the molecule is CCCCn1c(-c2ccc(OCCc3ccc(Cl)cc3)cc2OCCCN(CC)CC)nc2c(OCc3ccc(Cl)cc3)cc(OCCN3CCCC3)cc21. The molecule has 5 aromatic rings. The summed E-state index contributed by atoms with van der Waals surface area (Å²) in [4.78, 5) is 10.2. The lowest BCUT2D eigenvalue weighted by Gasteiger charge is -2.19. The molecule has 1 aliphatic rings. The Labute approximate surface area is 337 Å². The zero-order valence-corrected chi connectivity index (χ0v) is 34.2.